The van der Waals surface area contributed by atoms with Crippen LogP contribution >= 0.6 is 0 Å². The number of esters is 1. The van der Waals surface area contributed by atoms with E-state index in [0.29, 0.717) is 0 Å². The van der Waals surface area contributed by atoms with E-state index < -0.39 is 43.1 Å². The Morgan fingerprint density at radius 2 is 1.88 bits per heavy atom. The third-order valence-corrected chi connectivity index (χ3v) is 1.57. The summed E-state index contributed by atoms with van der Waals surface area (Å²) in [5.41, 5.74) is 0. The monoisotopic (exact) mass is 257 g/mol. The molecule has 0 aromatic heterocycles. The number of carboxylic acid groups (broad SMARTS) is 1. The predicted molar refractivity (Wildman–Crippen MR) is 46.9 cm³/mol. The Morgan fingerprint density at radius 3 is 2.24 bits per heavy atom. The van der Waals surface area contributed by atoms with Gasteiger partial charge in [0.25, 0.3) is 0 Å². The second-order valence-corrected chi connectivity index (χ2v) is 2.99. The Labute approximate surface area is 93.7 Å². The van der Waals surface area contributed by atoms with Gasteiger partial charge in [-0.3, -0.25) is 9.59 Å². The maximum Gasteiger partial charge on any atom is 0.471 e. The van der Waals surface area contributed by atoms with E-state index in [1.54, 1.807) is 0 Å². The number of halogens is 3. The van der Waals surface area contributed by atoms with Gasteiger partial charge in [0.1, 0.15) is 6.04 Å². The van der Waals surface area contributed by atoms with Crippen LogP contribution < -0.4 is 5.32 Å². The molecule has 1 amide bonds. The van der Waals surface area contributed by atoms with Gasteiger partial charge in [0, 0.05) is 13.3 Å². The highest BCUT2D eigenvalue weighted by Gasteiger charge is 2.40. The van der Waals surface area contributed by atoms with Gasteiger partial charge in [-0.2, -0.15) is 13.2 Å². The van der Waals surface area contributed by atoms with Gasteiger partial charge in [0.05, 0.1) is 6.61 Å². The zero-order valence-corrected chi connectivity index (χ0v) is 8.71. The van der Waals surface area contributed by atoms with Crippen molar-refractivity contribution in [1.29, 1.82) is 0 Å². The lowest BCUT2D eigenvalue weighted by Gasteiger charge is -2.15. The molecule has 0 aliphatic heterocycles. The van der Waals surface area contributed by atoms with Crippen molar-refractivity contribution in [3.05, 3.63) is 0 Å². The summed E-state index contributed by atoms with van der Waals surface area (Å²) in [6.07, 6.45) is -5.61. The quantitative estimate of drug-likeness (QED) is 0.680. The fourth-order valence-corrected chi connectivity index (χ4v) is 0.818. The highest BCUT2D eigenvalue weighted by Crippen LogP contribution is 2.14. The number of carbonyl (C=O) groups is 3. The van der Waals surface area contributed by atoms with E-state index in [1.165, 1.54) is 5.32 Å². The summed E-state index contributed by atoms with van der Waals surface area (Å²) in [5.74, 6) is -4.70. The van der Waals surface area contributed by atoms with E-state index in [1.807, 2.05) is 0 Å². The number of hydrogen-bond donors (Lipinski definition) is 2. The summed E-state index contributed by atoms with van der Waals surface area (Å²) >= 11 is 0. The lowest BCUT2D eigenvalue weighted by atomic mass is 10.2. The standard InChI is InChI=1S/C8H10F3NO5/c1-4(13)17-3-2-5(6(14)15)12-7(16)8(9,10)11/h5H,2-3H2,1H3,(H,12,16)(H,14,15)/t5-/m0/s1. The van der Waals surface area contributed by atoms with Gasteiger partial charge in [-0.25, -0.2) is 4.79 Å². The molecule has 1 atom stereocenters. The van der Waals surface area contributed by atoms with Crippen LogP contribution in [0.3, 0.4) is 0 Å². The van der Waals surface area contributed by atoms with Crippen LogP contribution in [0.25, 0.3) is 0 Å². The molecule has 2 N–H and O–H groups in total. The van der Waals surface area contributed by atoms with Crippen LogP contribution in [0.4, 0.5) is 13.2 Å². The predicted octanol–water partition coefficient (Wildman–Crippen LogP) is 0.0713. The maximum atomic E-state index is 11.8. The SMILES string of the molecule is CC(=O)OCC[C@H](NC(=O)C(F)(F)F)C(=O)O. The number of ether oxygens (including phenoxy) is 1. The lowest BCUT2D eigenvalue weighted by molar-refractivity contribution is -0.175. The van der Waals surface area contributed by atoms with Gasteiger partial charge in [-0.15, -0.1) is 0 Å². The van der Waals surface area contributed by atoms with Crippen LogP contribution in [0.5, 0.6) is 0 Å². The first kappa shape index (κ1) is 15.2. The minimum atomic E-state index is -5.16. The number of nitrogens with one attached hydrogen (secondary N) is 1. The fourth-order valence-electron chi connectivity index (χ4n) is 0.818. The summed E-state index contributed by atoms with van der Waals surface area (Å²) in [4.78, 5) is 31.3. The molecule has 17 heavy (non-hydrogen) atoms. The summed E-state index contributed by atoms with van der Waals surface area (Å²) in [6.45, 7) is 0.661. The molecule has 0 bridgehead atoms. The van der Waals surface area contributed by atoms with Gasteiger partial charge in [0.2, 0.25) is 0 Å². The van der Waals surface area contributed by atoms with Gasteiger partial charge < -0.3 is 15.2 Å². The molecule has 6 nitrogen and oxygen atoms in total. The Kier molecular flexibility index (Phi) is 5.42. The number of aliphatic carboxylic acids is 1. The van der Waals surface area contributed by atoms with Crippen molar-refractivity contribution in [1.82, 2.24) is 5.32 Å². The molecule has 0 aliphatic rings. The maximum absolute atomic E-state index is 11.8. The average molecular weight is 257 g/mol. The van der Waals surface area contributed by atoms with Crippen LogP contribution in [0.2, 0.25) is 0 Å². The molecule has 0 aromatic rings. The smallest absolute Gasteiger partial charge is 0.471 e. The number of amides is 1. The largest absolute Gasteiger partial charge is 0.480 e. The van der Waals surface area contributed by atoms with Crippen LogP contribution in [0.1, 0.15) is 13.3 Å². The molecule has 0 saturated heterocycles. The van der Waals surface area contributed by atoms with Crippen molar-refractivity contribution in [3.63, 3.8) is 0 Å². The molecule has 0 aliphatic carbocycles. The number of carbonyl (C=O) groups excluding carboxylic acids is 2. The number of hydrogen-bond acceptors (Lipinski definition) is 4. The molecule has 0 fully saturated rings. The van der Waals surface area contributed by atoms with Crippen LogP contribution in [0, 0.1) is 0 Å². The van der Waals surface area contributed by atoms with Gasteiger partial charge in [0.15, 0.2) is 0 Å². The highest BCUT2D eigenvalue weighted by molar-refractivity contribution is 5.86. The second kappa shape index (κ2) is 6.06. The molecule has 0 spiro atoms. The molecule has 0 saturated carbocycles. The van der Waals surface area contributed by atoms with E-state index in [0.717, 1.165) is 6.92 Å². The van der Waals surface area contributed by atoms with E-state index >= 15 is 0 Å². The molecule has 0 aromatic carbocycles. The molecule has 0 heterocycles. The van der Waals surface area contributed by atoms with Crippen LogP contribution in [0.15, 0.2) is 0 Å². The molecular weight excluding hydrogens is 247 g/mol. The Morgan fingerprint density at radius 1 is 1.35 bits per heavy atom. The average Bonchev–Trinajstić information content (AvgIpc) is 2.13. The first-order chi connectivity index (χ1) is 7.64. The molecule has 98 valence electrons. The normalized spacial score (nSPS) is 12.7. The zero-order valence-electron chi connectivity index (χ0n) is 8.71. The van der Waals surface area contributed by atoms with Crippen molar-refractivity contribution in [2.75, 3.05) is 6.61 Å². The van der Waals surface area contributed by atoms with E-state index in [-0.39, 0.29) is 0 Å². The molecule has 0 rings (SSSR count). The Hall–Kier alpha value is -1.80. The summed E-state index contributed by atoms with van der Waals surface area (Å²) in [7, 11) is 0. The lowest BCUT2D eigenvalue weighted by Crippen LogP contribution is -2.47. The van der Waals surface area contributed by atoms with Crippen molar-refractivity contribution < 1.29 is 37.4 Å². The van der Waals surface area contributed by atoms with Crippen LogP contribution in [-0.4, -0.2) is 41.8 Å². The fraction of sp³-hybridized carbons (Fsp3) is 0.625. The minimum absolute atomic E-state index is 0.398. The van der Waals surface area contributed by atoms with E-state index in [9.17, 15) is 27.6 Å². The van der Waals surface area contributed by atoms with Crippen molar-refractivity contribution in [3.8, 4) is 0 Å². The second-order valence-electron chi connectivity index (χ2n) is 2.99. The van der Waals surface area contributed by atoms with Crippen LogP contribution in [-0.2, 0) is 19.1 Å². The molecule has 0 radical (unpaired) electrons. The van der Waals surface area contributed by atoms with Gasteiger partial charge in [-0.05, 0) is 0 Å². The van der Waals surface area contributed by atoms with Crippen molar-refractivity contribution in [2.45, 2.75) is 25.6 Å². The topological polar surface area (TPSA) is 92.7 Å². The first-order valence-corrected chi connectivity index (χ1v) is 4.38. The van der Waals surface area contributed by atoms with E-state index in [4.69, 9.17) is 5.11 Å². The summed E-state index contributed by atoms with van der Waals surface area (Å²) < 4.78 is 39.9. The minimum Gasteiger partial charge on any atom is -0.480 e. The number of alkyl halides is 3. The zero-order chi connectivity index (χ0) is 13.6. The Balaban J connectivity index is 4.31. The van der Waals surface area contributed by atoms with Gasteiger partial charge in [-0.1, -0.05) is 0 Å². The molecule has 9 heteroatoms. The Bertz CT molecular complexity index is 315. The summed E-state index contributed by atoms with van der Waals surface area (Å²) in [6, 6.07) is -1.76. The first-order valence-electron chi connectivity index (χ1n) is 4.38. The number of rotatable bonds is 5. The third-order valence-electron chi connectivity index (χ3n) is 1.57. The molecular formula is C8H10F3NO5. The third kappa shape index (κ3) is 6.38. The van der Waals surface area contributed by atoms with Gasteiger partial charge >= 0.3 is 24.0 Å². The van der Waals surface area contributed by atoms with Crippen molar-refractivity contribution in [2.24, 2.45) is 0 Å². The van der Waals surface area contributed by atoms with E-state index in [2.05, 4.69) is 4.74 Å². The van der Waals surface area contributed by atoms with Crippen molar-refractivity contribution >= 4 is 17.8 Å². The molecule has 0 unspecified atom stereocenters. The number of carboxylic acids is 1. The highest BCUT2D eigenvalue weighted by atomic mass is 19.4. The summed E-state index contributed by atoms with van der Waals surface area (Å²) in [5, 5.41) is 9.81.